The second kappa shape index (κ2) is 50.9. The quantitative estimate of drug-likeness (QED) is 0.0258. The van der Waals surface area contributed by atoms with Crippen LogP contribution >= 0.6 is 0 Å². The van der Waals surface area contributed by atoms with Gasteiger partial charge in [0.2, 0.25) is 0 Å². The minimum absolute atomic E-state index is 0.0458. The Morgan fingerprint density at radius 2 is 0.792 bits per heavy atom. The molecule has 0 amide bonds. The third kappa shape index (κ3) is 43.2. The molecule has 0 bridgehead atoms. The van der Waals surface area contributed by atoms with Crippen LogP contribution in [0.5, 0.6) is 0 Å². The van der Waals surface area contributed by atoms with Crippen LogP contribution in [0, 0.1) is 0 Å². The van der Waals surface area contributed by atoms with Gasteiger partial charge in [-0.2, -0.15) is 8.42 Å². The van der Waals surface area contributed by atoms with Gasteiger partial charge in [-0.15, -0.1) is 0 Å². The van der Waals surface area contributed by atoms with Crippen LogP contribution in [-0.4, -0.2) is 97.5 Å². The Morgan fingerprint density at radius 1 is 0.472 bits per heavy atom. The summed E-state index contributed by atoms with van der Waals surface area (Å²) in [6, 6.07) is 0. The van der Waals surface area contributed by atoms with Gasteiger partial charge < -0.3 is 34.3 Å². The minimum Gasteiger partial charge on any atom is -0.457 e. The van der Waals surface area contributed by atoms with Crippen LogP contribution in [0.4, 0.5) is 0 Å². The summed E-state index contributed by atoms with van der Waals surface area (Å²) in [4.78, 5) is 13.0. The lowest BCUT2D eigenvalue weighted by atomic mass is 9.99. The van der Waals surface area contributed by atoms with Crippen LogP contribution in [0.25, 0.3) is 0 Å². The van der Waals surface area contributed by atoms with Gasteiger partial charge in [-0.1, -0.05) is 290 Å². The highest BCUT2D eigenvalue weighted by molar-refractivity contribution is 7.80. The van der Waals surface area contributed by atoms with E-state index in [-0.39, 0.29) is 25.6 Å². The summed E-state index contributed by atoms with van der Waals surface area (Å²) in [5.74, 6) is -0.388. The number of hydrogen-bond donors (Lipinski definition) is 4. The molecule has 0 aliphatic carbocycles. The van der Waals surface area contributed by atoms with Crippen LogP contribution < -0.4 is 0 Å². The van der Waals surface area contributed by atoms with Gasteiger partial charge in [0.1, 0.15) is 30.5 Å². The lowest BCUT2D eigenvalue weighted by Crippen LogP contribution is -2.60. The van der Waals surface area contributed by atoms with Crippen molar-refractivity contribution in [3.63, 3.8) is 0 Å². The van der Waals surface area contributed by atoms with E-state index in [1.165, 1.54) is 244 Å². The molecule has 72 heavy (non-hydrogen) atoms. The molecule has 0 aromatic rings. The summed E-state index contributed by atoms with van der Waals surface area (Å²) in [5, 5.41) is 30.9. The zero-order valence-corrected chi connectivity index (χ0v) is 47.6. The van der Waals surface area contributed by atoms with Crippen LogP contribution in [0.15, 0.2) is 0 Å². The fourth-order valence-electron chi connectivity index (χ4n) is 10.1. The molecule has 13 heteroatoms. The molecule has 4 N–H and O–H groups in total. The number of aliphatic hydroxyl groups excluding tert-OH is 3. The van der Waals surface area contributed by atoms with Crippen LogP contribution in [0.3, 0.4) is 0 Å². The molecule has 1 saturated heterocycles. The maximum atomic E-state index is 13.0. The van der Waals surface area contributed by atoms with Crippen molar-refractivity contribution in [1.29, 1.82) is 0 Å². The smallest absolute Gasteiger partial charge is 0.397 e. The molecule has 12 nitrogen and oxygen atoms in total. The van der Waals surface area contributed by atoms with E-state index in [4.69, 9.17) is 18.9 Å². The maximum absolute atomic E-state index is 13.0. The molecule has 0 aromatic heterocycles. The highest BCUT2D eigenvalue weighted by Gasteiger charge is 2.48. The van der Waals surface area contributed by atoms with Gasteiger partial charge in [0.05, 0.1) is 19.8 Å². The van der Waals surface area contributed by atoms with Crippen molar-refractivity contribution in [2.24, 2.45) is 0 Å². The zero-order chi connectivity index (χ0) is 52.4. The Bertz CT molecular complexity index is 1260. The Morgan fingerprint density at radius 3 is 1.11 bits per heavy atom. The molecule has 0 saturated carbocycles. The van der Waals surface area contributed by atoms with Gasteiger partial charge in [-0.05, 0) is 12.8 Å². The predicted octanol–water partition coefficient (Wildman–Crippen LogP) is 15.5. The van der Waals surface area contributed by atoms with E-state index >= 15 is 0 Å². The van der Waals surface area contributed by atoms with E-state index < -0.39 is 53.8 Å². The largest absolute Gasteiger partial charge is 0.457 e. The first-order valence-electron chi connectivity index (χ1n) is 30.8. The number of unbranched alkanes of at least 4 members (excludes halogenated alkanes) is 43. The molecular formula is C59H116O12S. The Hall–Kier alpha value is -0.900. The highest BCUT2D eigenvalue weighted by Crippen LogP contribution is 2.26. The van der Waals surface area contributed by atoms with Gasteiger partial charge in [0.15, 0.2) is 6.29 Å². The Labute approximate surface area is 443 Å². The molecule has 0 aromatic carbocycles. The number of ether oxygens (including phenoxy) is 4. The topological polar surface area (TPSA) is 178 Å². The normalized spacial score (nSPS) is 18.8. The highest BCUT2D eigenvalue weighted by atomic mass is 32.3. The maximum Gasteiger partial charge on any atom is 0.397 e. The van der Waals surface area contributed by atoms with Crippen LogP contribution in [-0.2, 0) is 38.3 Å². The van der Waals surface area contributed by atoms with Crippen LogP contribution in [0.1, 0.15) is 309 Å². The molecule has 1 aliphatic heterocycles. The predicted molar refractivity (Wildman–Crippen MR) is 295 cm³/mol. The first kappa shape index (κ1) is 69.1. The van der Waals surface area contributed by atoms with E-state index in [9.17, 15) is 33.1 Å². The number of rotatable bonds is 56. The summed E-state index contributed by atoms with van der Waals surface area (Å²) in [5.41, 5.74) is 0. The first-order chi connectivity index (χ1) is 35.1. The summed E-state index contributed by atoms with van der Waals surface area (Å²) >= 11 is 0. The fourth-order valence-corrected chi connectivity index (χ4v) is 10.6. The van der Waals surface area contributed by atoms with E-state index in [1.54, 1.807) is 0 Å². The van der Waals surface area contributed by atoms with E-state index in [0.717, 1.165) is 38.5 Å². The molecule has 6 atom stereocenters. The summed E-state index contributed by atoms with van der Waals surface area (Å²) in [6.45, 7) is 4.09. The van der Waals surface area contributed by atoms with Crippen molar-refractivity contribution in [1.82, 2.24) is 0 Å². The minimum atomic E-state index is -5.06. The zero-order valence-electron chi connectivity index (χ0n) is 46.8. The SMILES string of the molecule is CCCCCCCCCCCCCCCCCCCCCCCCCCC(=O)OC(COCCCCCCCCCCCCCCCCCCCCCCC)COC1OC(CO)C(O)C(OS(=O)(=O)O)C1O. The Kier molecular flexibility index (Phi) is 48.9. The molecular weight excluding hydrogens is 933 g/mol. The van der Waals surface area contributed by atoms with Gasteiger partial charge in [0, 0.05) is 13.0 Å². The molecule has 1 fully saturated rings. The molecule has 1 aliphatic rings. The monoisotopic (exact) mass is 1050 g/mol. The van der Waals surface area contributed by atoms with Crippen molar-refractivity contribution in [3.05, 3.63) is 0 Å². The van der Waals surface area contributed by atoms with E-state index in [0.29, 0.717) is 13.0 Å². The molecule has 1 rings (SSSR count). The summed E-state index contributed by atoms with van der Waals surface area (Å²) in [7, 11) is -5.06. The number of aliphatic hydroxyl groups is 3. The van der Waals surface area contributed by atoms with Gasteiger partial charge >= 0.3 is 16.4 Å². The molecule has 6 unspecified atom stereocenters. The third-order valence-electron chi connectivity index (χ3n) is 14.7. The number of carbonyl (C=O) groups excluding carboxylic acids is 1. The summed E-state index contributed by atoms with van der Waals surface area (Å²) in [6.07, 6.45) is 50.1. The molecule has 1 heterocycles. The average Bonchev–Trinajstić information content (AvgIpc) is 3.36. The third-order valence-corrected chi connectivity index (χ3v) is 15.2. The lowest BCUT2D eigenvalue weighted by Gasteiger charge is -2.41. The van der Waals surface area contributed by atoms with E-state index in [1.807, 2.05) is 0 Å². The number of esters is 1. The van der Waals surface area contributed by atoms with Crippen molar-refractivity contribution >= 4 is 16.4 Å². The van der Waals surface area contributed by atoms with Gasteiger partial charge in [-0.25, -0.2) is 4.18 Å². The standard InChI is InChI=1S/C59H116O12S/c1-3-5-7-9-11-13-15-17-19-21-23-25-26-27-28-30-32-34-36-38-40-42-44-46-48-55(61)69-53(52-68-59-57(63)58(71-72(64,65)66)56(62)54(50-60)70-59)51-67-49-47-45-43-41-39-37-35-33-31-29-24-22-20-18-16-14-12-10-8-6-4-2/h53-54,56-60,62-63H,3-52H2,1-2H3,(H,64,65,66). The van der Waals surface area contributed by atoms with Gasteiger partial charge in [-0.3, -0.25) is 9.35 Å². The average molecular weight is 1050 g/mol. The fraction of sp³-hybridized carbons (Fsp3) is 0.983. The first-order valence-corrected chi connectivity index (χ1v) is 32.2. The summed E-state index contributed by atoms with van der Waals surface area (Å²) < 4.78 is 59.5. The second-order valence-corrected chi connectivity index (χ2v) is 22.7. The second-order valence-electron chi connectivity index (χ2n) is 21.7. The van der Waals surface area contributed by atoms with Crippen molar-refractivity contribution in [3.8, 4) is 0 Å². The van der Waals surface area contributed by atoms with E-state index in [2.05, 4.69) is 18.0 Å². The lowest BCUT2D eigenvalue weighted by molar-refractivity contribution is -0.301. The number of carbonyl (C=O) groups is 1. The van der Waals surface area contributed by atoms with Crippen molar-refractivity contribution < 1.29 is 56.2 Å². The molecule has 0 radical (unpaired) electrons. The van der Waals surface area contributed by atoms with Crippen molar-refractivity contribution in [2.75, 3.05) is 26.4 Å². The molecule has 430 valence electrons. The van der Waals surface area contributed by atoms with Crippen LogP contribution in [0.2, 0.25) is 0 Å². The Balaban J connectivity index is 2.24. The van der Waals surface area contributed by atoms with Gasteiger partial charge in [0.25, 0.3) is 0 Å². The number of hydrogen-bond acceptors (Lipinski definition) is 11. The van der Waals surface area contributed by atoms with Crippen molar-refractivity contribution in [2.45, 2.75) is 346 Å². The molecule has 0 spiro atoms.